The number of nitrogens with one attached hydrogen (secondary N) is 1. The largest absolute Gasteiger partial charge is 0.398 e. The molecule has 1 amide bonds. The topological polar surface area (TPSA) is 78.9 Å². The number of amides is 1. The normalized spacial score (nSPS) is 10.6. The number of para-hydroxylation sites is 1. The van der Waals surface area contributed by atoms with Crippen LogP contribution < -0.4 is 11.1 Å². The van der Waals surface area contributed by atoms with Crippen molar-refractivity contribution in [2.24, 2.45) is 5.41 Å². The maximum absolute atomic E-state index is 11.7. The highest BCUT2D eigenvalue weighted by Gasteiger charge is 2.18. The van der Waals surface area contributed by atoms with Crippen molar-refractivity contribution in [2.75, 3.05) is 12.3 Å². The number of nitrogens with zero attached hydrogens (tertiary/aromatic N) is 1. The van der Waals surface area contributed by atoms with Gasteiger partial charge in [-0.2, -0.15) is 5.26 Å². The van der Waals surface area contributed by atoms with E-state index in [4.69, 9.17) is 11.0 Å². The fourth-order valence-corrected chi connectivity index (χ4v) is 1.14. The molecule has 0 saturated carbocycles. The molecule has 0 aliphatic heterocycles. The Labute approximate surface area is 95.1 Å². The van der Waals surface area contributed by atoms with Crippen LogP contribution in [0.25, 0.3) is 0 Å². The van der Waals surface area contributed by atoms with Gasteiger partial charge in [0.05, 0.1) is 17.0 Å². The van der Waals surface area contributed by atoms with Gasteiger partial charge < -0.3 is 11.1 Å². The van der Waals surface area contributed by atoms with E-state index in [1.807, 2.05) is 0 Å². The van der Waals surface area contributed by atoms with Crippen molar-refractivity contribution in [3.63, 3.8) is 0 Å². The van der Waals surface area contributed by atoms with Crippen LogP contribution in [0.5, 0.6) is 0 Å². The third-order valence-corrected chi connectivity index (χ3v) is 2.20. The zero-order valence-electron chi connectivity index (χ0n) is 9.45. The molecule has 0 aliphatic carbocycles. The third kappa shape index (κ3) is 2.99. The highest BCUT2D eigenvalue weighted by molar-refractivity contribution is 5.99. The van der Waals surface area contributed by atoms with Gasteiger partial charge in [0.25, 0.3) is 5.91 Å². The summed E-state index contributed by atoms with van der Waals surface area (Å²) in [7, 11) is 0. The van der Waals surface area contributed by atoms with Crippen LogP contribution in [0.1, 0.15) is 24.2 Å². The van der Waals surface area contributed by atoms with Gasteiger partial charge in [-0.1, -0.05) is 12.1 Å². The fraction of sp³-hybridized carbons (Fsp3) is 0.333. The van der Waals surface area contributed by atoms with E-state index in [0.29, 0.717) is 17.8 Å². The molecular weight excluding hydrogens is 202 g/mol. The SMILES string of the molecule is CC(C)(C#N)CNC(=O)c1ccccc1N. The fourth-order valence-electron chi connectivity index (χ4n) is 1.14. The van der Waals surface area contributed by atoms with Gasteiger partial charge in [0.15, 0.2) is 0 Å². The van der Waals surface area contributed by atoms with Crippen molar-refractivity contribution in [1.29, 1.82) is 5.26 Å². The van der Waals surface area contributed by atoms with Crippen molar-refractivity contribution in [3.05, 3.63) is 29.8 Å². The molecule has 0 fully saturated rings. The number of nitrogen functional groups attached to an aromatic ring is 1. The third-order valence-electron chi connectivity index (χ3n) is 2.20. The van der Waals surface area contributed by atoms with Gasteiger partial charge in [0.2, 0.25) is 0 Å². The lowest BCUT2D eigenvalue weighted by atomic mass is 9.96. The number of benzene rings is 1. The van der Waals surface area contributed by atoms with Crippen LogP contribution in [-0.4, -0.2) is 12.5 Å². The predicted molar refractivity (Wildman–Crippen MR) is 62.6 cm³/mol. The number of carbonyl (C=O) groups is 1. The van der Waals surface area contributed by atoms with E-state index in [0.717, 1.165) is 0 Å². The summed E-state index contributed by atoms with van der Waals surface area (Å²) in [4.78, 5) is 11.7. The molecule has 3 N–H and O–H groups in total. The summed E-state index contributed by atoms with van der Waals surface area (Å²) in [6.45, 7) is 3.83. The first-order chi connectivity index (χ1) is 7.46. The molecule has 0 radical (unpaired) electrons. The molecule has 84 valence electrons. The number of nitrogens with two attached hydrogens (primary N) is 1. The van der Waals surface area contributed by atoms with Crippen molar-refractivity contribution in [1.82, 2.24) is 5.32 Å². The molecule has 0 bridgehead atoms. The minimum atomic E-state index is -0.570. The molecule has 0 saturated heterocycles. The second kappa shape index (κ2) is 4.67. The van der Waals surface area contributed by atoms with Crippen LogP contribution >= 0.6 is 0 Å². The van der Waals surface area contributed by atoms with E-state index >= 15 is 0 Å². The van der Waals surface area contributed by atoms with Gasteiger partial charge in [0, 0.05) is 12.2 Å². The Morgan fingerprint density at radius 1 is 1.50 bits per heavy atom. The van der Waals surface area contributed by atoms with E-state index in [-0.39, 0.29) is 5.91 Å². The Bertz CT molecular complexity index is 432. The number of anilines is 1. The van der Waals surface area contributed by atoms with Crippen LogP contribution in [0.3, 0.4) is 0 Å². The summed E-state index contributed by atoms with van der Waals surface area (Å²) >= 11 is 0. The van der Waals surface area contributed by atoms with E-state index in [1.165, 1.54) is 0 Å². The average molecular weight is 217 g/mol. The predicted octanol–water partition coefficient (Wildman–Crippen LogP) is 1.55. The second-order valence-electron chi connectivity index (χ2n) is 4.27. The van der Waals surface area contributed by atoms with Crippen LogP contribution in [0.15, 0.2) is 24.3 Å². The standard InChI is InChI=1S/C12H15N3O/c1-12(2,7-13)8-15-11(16)9-5-3-4-6-10(9)14/h3-6H,8,14H2,1-2H3,(H,15,16). The number of hydrogen-bond donors (Lipinski definition) is 2. The summed E-state index contributed by atoms with van der Waals surface area (Å²) in [5.41, 5.74) is 5.98. The molecule has 0 spiro atoms. The van der Waals surface area contributed by atoms with Crippen molar-refractivity contribution >= 4 is 11.6 Å². The van der Waals surface area contributed by atoms with Gasteiger partial charge in [-0.3, -0.25) is 4.79 Å². The van der Waals surface area contributed by atoms with Crippen molar-refractivity contribution in [2.45, 2.75) is 13.8 Å². The number of hydrogen-bond acceptors (Lipinski definition) is 3. The minimum absolute atomic E-state index is 0.249. The molecule has 16 heavy (non-hydrogen) atoms. The molecular formula is C12H15N3O. The van der Waals surface area contributed by atoms with E-state index < -0.39 is 5.41 Å². The Morgan fingerprint density at radius 3 is 2.69 bits per heavy atom. The lowest BCUT2D eigenvalue weighted by Crippen LogP contribution is -2.33. The van der Waals surface area contributed by atoms with Gasteiger partial charge in [-0.05, 0) is 26.0 Å². The molecule has 0 unspecified atom stereocenters. The summed E-state index contributed by atoms with van der Waals surface area (Å²) in [5.74, 6) is -0.249. The molecule has 4 nitrogen and oxygen atoms in total. The lowest BCUT2D eigenvalue weighted by Gasteiger charge is -2.16. The summed E-state index contributed by atoms with van der Waals surface area (Å²) < 4.78 is 0. The monoisotopic (exact) mass is 217 g/mol. The zero-order valence-corrected chi connectivity index (χ0v) is 9.45. The quantitative estimate of drug-likeness (QED) is 0.754. The smallest absolute Gasteiger partial charge is 0.253 e. The number of carbonyl (C=O) groups excluding carboxylic acids is 1. The molecule has 1 rings (SSSR count). The Kier molecular flexibility index (Phi) is 3.51. The first-order valence-electron chi connectivity index (χ1n) is 5.00. The molecule has 1 aromatic rings. The number of rotatable bonds is 3. The Balaban J connectivity index is 2.68. The van der Waals surface area contributed by atoms with E-state index in [9.17, 15) is 4.79 Å². The zero-order chi connectivity index (χ0) is 12.2. The number of nitriles is 1. The van der Waals surface area contributed by atoms with Crippen molar-refractivity contribution in [3.8, 4) is 6.07 Å². The van der Waals surface area contributed by atoms with Crippen LogP contribution in [0.4, 0.5) is 5.69 Å². The van der Waals surface area contributed by atoms with E-state index in [2.05, 4.69) is 11.4 Å². The molecule has 0 aromatic heterocycles. The highest BCUT2D eigenvalue weighted by atomic mass is 16.1. The Hall–Kier alpha value is -2.02. The average Bonchev–Trinajstić information content (AvgIpc) is 2.27. The van der Waals surface area contributed by atoms with Crippen LogP contribution in [0, 0.1) is 16.7 Å². The molecule has 0 aliphatic rings. The Morgan fingerprint density at radius 2 is 2.12 bits per heavy atom. The maximum Gasteiger partial charge on any atom is 0.253 e. The summed E-state index contributed by atoms with van der Waals surface area (Å²) in [5, 5.41) is 11.5. The van der Waals surface area contributed by atoms with Gasteiger partial charge in [-0.25, -0.2) is 0 Å². The lowest BCUT2D eigenvalue weighted by molar-refractivity contribution is 0.0944. The van der Waals surface area contributed by atoms with Crippen LogP contribution in [-0.2, 0) is 0 Å². The first kappa shape index (κ1) is 12.1. The van der Waals surface area contributed by atoms with Crippen molar-refractivity contribution < 1.29 is 4.79 Å². The van der Waals surface area contributed by atoms with Gasteiger partial charge >= 0.3 is 0 Å². The second-order valence-corrected chi connectivity index (χ2v) is 4.27. The van der Waals surface area contributed by atoms with Gasteiger partial charge in [-0.15, -0.1) is 0 Å². The molecule has 0 heterocycles. The summed E-state index contributed by atoms with van der Waals surface area (Å²) in [6, 6.07) is 8.96. The summed E-state index contributed by atoms with van der Waals surface area (Å²) in [6.07, 6.45) is 0. The molecule has 0 atom stereocenters. The van der Waals surface area contributed by atoms with E-state index in [1.54, 1.807) is 38.1 Å². The highest BCUT2D eigenvalue weighted by Crippen LogP contribution is 2.13. The molecule has 1 aromatic carbocycles. The molecule has 4 heteroatoms. The maximum atomic E-state index is 11.7. The minimum Gasteiger partial charge on any atom is -0.398 e. The first-order valence-corrected chi connectivity index (χ1v) is 5.00. The van der Waals surface area contributed by atoms with Crippen LogP contribution in [0.2, 0.25) is 0 Å². The van der Waals surface area contributed by atoms with Gasteiger partial charge in [0.1, 0.15) is 0 Å².